The van der Waals surface area contributed by atoms with Crippen LogP contribution in [0.2, 0.25) is 0 Å². The van der Waals surface area contributed by atoms with Crippen LogP contribution in [0.1, 0.15) is 19.8 Å². The highest BCUT2D eigenvalue weighted by Gasteiger charge is 2.15. The van der Waals surface area contributed by atoms with E-state index < -0.39 is 11.2 Å². The van der Waals surface area contributed by atoms with Crippen molar-refractivity contribution in [3.05, 3.63) is 15.0 Å². The van der Waals surface area contributed by atoms with Crippen LogP contribution in [0.25, 0.3) is 0 Å². The lowest BCUT2D eigenvalue weighted by Crippen LogP contribution is -2.22. The summed E-state index contributed by atoms with van der Waals surface area (Å²) in [4.78, 5) is 38.3. The maximum absolute atomic E-state index is 10.6. The molecule has 0 spiro atoms. The molecule has 0 amide bonds. The minimum absolute atomic E-state index is 0.117. The van der Waals surface area contributed by atoms with Gasteiger partial charge in [-0.3, -0.25) is 0 Å². The molecule has 1 atom stereocenters. The van der Waals surface area contributed by atoms with Crippen LogP contribution in [0.4, 0.5) is 0 Å². The summed E-state index contributed by atoms with van der Waals surface area (Å²) in [5.74, 6) is -0.124. The van der Waals surface area contributed by atoms with Crippen LogP contribution < -0.4 is 0 Å². The normalized spacial score (nSPS) is 11.5. The van der Waals surface area contributed by atoms with Crippen molar-refractivity contribution in [2.75, 3.05) is 6.61 Å². The summed E-state index contributed by atoms with van der Waals surface area (Å²) in [6, 6.07) is 0. The van der Waals surface area contributed by atoms with Gasteiger partial charge in [0.25, 0.3) is 5.09 Å². The Bertz CT molecular complexity index is 218. The van der Waals surface area contributed by atoms with Crippen LogP contribution >= 0.6 is 0 Å². The van der Waals surface area contributed by atoms with Crippen molar-refractivity contribution in [3.8, 4) is 0 Å². The fourth-order valence-corrected chi connectivity index (χ4v) is 0.766. The Hall–Kier alpha value is -1.73. The molecule has 0 N–H and O–H groups in total. The quantitative estimate of drug-likeness (QED) is 0.327. The minimum Gasteiger partial charge on any atom is -0.362 e. The Morgan fingerprint density at radius 2 is 2.29 bits per heavy atom. The molecule has 80 valence electrons. The first-order chi connectivity index (χ1) is 6.56. The number of carbonyl (C=O) groups is 1. The highest BCUT2D eigenvalue weighted by atomic mass is 17.0. The van der Waals surface area contributed by atoms with Gasteiger partial charge in [0.15, 0.2) is 5.34 Å². The Morgan fingerprint density at radius 1 is 1.64 bits per heavy atom. The van der Waals surface area contributed by atoms with Crippen molar-refractivity contribution < 1.29 is 19.6 Å². The summed E-state index contributed by atoms with van der Waals surface area (Å²) < 4.78 is 0. The van der Waals surface area contributed by atoms with Crippen LogP contribution in [0.15, 0.2) is 5.34 Å². The van der Waals surface area contributed by atoms with E-state index in [1.54, 1.807) is 0 Å². The van der Waals surface area contributed by atoms with Gasteiger partial charge in [-0.2, -0.15) is 0 Å². The lowest BCUT2D eigenvalue weighted by Gasteiger charge is -2.10. The Kier molecular flexibility index (Phi) is 5.92. The summed E-state index contributed by atoms with van der Waals surface area (Å²) in [5, 5.41) is 11.0. The van der Waals surface area contributed by atoms with Crippen LogP contribution in [0.5, 0.6) is 0 Å². The zero-order valence-corrected chi connectivity index (χ0v) is 7.54. The molecule has 0 aliphatic rings. The first kappa shape index (κ1) is 12.3. The SMILES string of the molecule is CC(=O)CCC(CON=O)O[N+](=O)[O-]. The summed E-state index contributed by atoms with van der Waals surface area (Å²) in [7, 11) is 0. The molecule has 0 saturated carbocycles. The van der Waals surface area contributed by atoms with Gasteiger partial charge in [-0.1, -0.05) is 0 Å². The van der Waals surface area contributed by atoms with Gasteiger partial charge in [-0.25, -0.2) is 0 Å². The van der Waals surface area contributed by atoms with Gasteiger partial charge in [-0.15, -0.1) is 15.0 Å². The summed E-state index contributed by atoms with van der Waals surface area (Å²) in [6.45, 7) is 1.01. The fraction of sp³-hybridized carbons (Fsp3) is 0.833. The first-order valence-electron chi connectivity index (χ1n) is 3.81. The number of nitrogens with zero attached hydrogens (tertiary/aromatic N) is 2. The molecule has 0 radical (unpaired) electrons. The second kappa shape index (κ2) is 6.75. The molecule has 0 aromatic rings. The molecule has 0 aliphatic heterocycles. The van der Waals surface area contributed by atoms with Crippen molar-refractivity contribution >= 4 is 5.78 Å². The predicted octanol–water partition coefficient (Wildman–Crippen LogP) is 0.630. The van der Waals surface area contributed by atoms with Crippen molar-refractivity contribution in [1.29, 1.82) is 0 Å². The molecule has 8 nitrogen and oxygen atoms in total. The number of ketones is 1. The lowest BCUT2D eigenvalue weighted by molar-refractivity contribution is -0.769. The van der Waals surface area contributed by atoms with Crippen LogP contribution in [0, 0.1) is 15.0 Å². The molecular formula is C6H10N2O6. The summed E-state index contributed by atoms with van der Waals surface area (Å²) in [5.41, 5.74) is 0. The van der Waals surface area contributed by atoms with Crippen LogP contribution in [0.3, 0.4) is 0 Å². The Labute approximate surface area is 79.2 Å². The van der Waals surface area contributed by atoms with Crippen LogP contribution in [-0.2, 0) is 14.5 Å². The van der Waals surface area contributed by atoms with Crippen molar-refractivity contribution in [1.82, 2.24) is 0 Å². The third-order valence-electron chi connectivity index (χ3n) is 1.37. The van der Waals surface area contributed by atoms with Gasteiger partial charge in [0.1, 0.15) is 18.5 Å². The van der Waals surface area contributed by atoms with Gasteiger partial charge in [-0.05, 0) is 13.3 Å². The summed E-state index contributed by atoms with van der Waals surface area (Å²) >= 11 is 0. The molecule has 0 saturated heterocycles. The molecule has 14 heavy (non-hydrogen) atoms. The molecule has 0 fully saturated rings. The molecule has 0 aromatic carbocycles. The number of Topliss-reactive ketones (excluding diaryl/α,β-unsaturated/α-hetero) is 1. The molecule has 0 heterocycles. The minimum atomic E-state index is -1.00. The summed E-state index contributed by atoms with van der Waals surface area (Å²) in [6.07, 6.45) is -0.696. The van der Waals surface area contributed by atoms with E-state index >= 15 is 0 Å². The van der Waals surface area contributed by atoms with E-state index in [0.717, 1.165) is 0 Å². The van der Waals surface area contributed by atoms with Gasteiger partial charge in [0.05, 0.1) is 0 Å². The molecular weight excluding hydrogens is 196 g/mol. The predicted molar refractivity (Wildman–Crippen MR) is 43.5 cm³/mol. The second-order valence-electron chi connectivity index (χ2n) is 2.56. The number of rotatable bonds is 8. The van der Waals surface area contributed by atoms with E-state index in [4.69, 9.17) is 0 Å². The molecule has 8 heteroatoms. The first-order valence-corrected chi connectivity index (χ1v) is 3.81. The van der Waals surface area contributed by atoms with E-state index in [9.17, 15) is 19.8 Å². The van der Waals surface area contributed by atoms with Gasteiger partial charge < -0.3 is 14.5 Å². The van der Waals surface area contributed by atoms with Crippen LogP contribution in [-0.4, -0.2) is 23.6 Å². The largest absolute Gasteiger partial charge is 0.362 e. The van der Waals surface area contributed by atoms with Crippen molar-refractivity contribution in [3.63, 3.8) is 0 Å². The molecule has 0 rings (SSSR count). The monoisotopic (exact) mass is 206 g/mol. The zero-order chi connectivity index (χ0) is 11.0. The van der Waals surface area contributed by atoms with Gasteiger partial charge >= 0.3 is 0 Å². The average Bonchev–Trinajstić information content (AvgIpc) is 2.09. The standard InChI is InChI=1S/C6H10N2O6/c1-5(9)2-3-6(4-13-7-10)14-8(11)12/h6H,2-4H2,1H3. The Balaban J connectivity index is 3.89. The number of hydrogen-bond donors (Lipinski definition) is 0. The fourth-order valence-electron chi connectivity index (χ4n) is 0.766. The highest BCUT2D eigenvalue weighted by Crippen LogP contribution is 2.04. The van der Waals surface area contributed by atoms with Crippen molar-refractivity contribution in [2.45, 2.75) is 25.9 Å². The smallest absolute Gasteiger partial charge is 0.294 e. The highest BCUT2D eigenvalue weighted by molar-refractivity contribution is 5.75. The molecule has 1 unspecified atom stereocenters. The lowest BCUT2D eigenvalue weighted by atomic mass is 10.1. The second-order valence-corrected chi connectivity index (χ2v) is 2.56. The van der Waals surface area contributed by atoms with Gasteiger partial charge in [0.2, 0.25) is 0 Å². The van der Waals surface area contributed by atoms with E-state index in [1.165, 1.54) is 6.92 Å². The molecule has 0 bridgehead atoms. The van der Waals surface area contributed by atoms with E-state index in [0.29, 0.717) is 0 Å². The average molecular weight is 206 g/mol. The van der Waals surface area contributed by atoms with Gasteiger partial charge in [0, 0.05) is 6.42 Å². The zero-order valence-electron chi connectivity index (χ0n) is 7.54. The molecule has 0 aliphatic carbocycles. The number of hydrogen-bond acceptors (Lipinski definition) is 7. The third-order valence-corrected chi connectivity index (χ3v) is 1.37. The van der Waals surface area contributed by atoms with E-state index in [-0.39, 0.29) is 25.2 Å². The van der Waals surface area contributed by atoms with E-state index in [2.05, 4.69) is 15.0 Å². The van der Waals surface area contributed by atoms with E-state index in [1.807, 2.05) is 0 Å². The maximum atomic E-state index is 10.6. The third kappa shape index (κ3) is 6.95. The molecule has 0 aromatic heterocycles. The maximum Gasteiger partial charge on any atom is 0.294 e. The number of carbonyl (C=O) groups excluding carboxylic acids is 1. The topological polar surface area (TPSA) is 108 Å². The Morgan fingerprint density at radius 3 is 2.71 bits per heavy atom. The van der Waals surface area contributed by atoms with Crippen molar-refractivity contribution in [2.24, 2.45) is 5.34 Å².